The van der Waals surface area contributed by atoms with Gasteiger partial charge >= 0.3 is 0 Å². The fourth-order valence-corrected chi connectivity index (χ4v) is 1.45. The Labute approximate surface area is 91.7 Å². The van der Waals surface area contributed by atoms with Crippen LogP contribution in [0.25, 0.3) is 10.9 Å². The minimum absolute atomic E-state index is 0.150. The highest BCUT2D eigenvalue weighted by Gasteiger charge is 2.00. The van der Waals surface area contributed by atoms with Crippen LogP contribution in [0.4, 0.5) is 0 Å². The maximum Gasteiger partial charge on any atom is 0.140 e. The molecule has 1 N–H and O–H groups in total. The molecular formula is C11H7ClN2O. The molecule has 0 saturated carbocycles. The van der Waals surface area contributed by atoms with E-state index in [0.717, 1.165) is 16.5 Å². The lowest BCUT2D eigenvalue weighted by atomic mass is 10.1. The number of fused-ring (bicyclic) bond motifs is 1. The van der Waals surface area contributed by atoms with Crippen molar-refractivity contribution < 1.29 is 5.11 Å². The summed E-state index contributed by atoms with van der Waals surface area (Å²) in [6.45, 7) is -0.150. The van der Waals surface area contributed by atoms with Crippen LogP contribution in [0.2, 0.25) is 5.15 Å². The summed E-state index contributed by atoms with van der Waals surface area (Å²) in [6.07, 6.45) is 1.41. The van der Waals surface area contributed by atoms with Gasteiger partial charge in [0.05, 0.1) is 5.52 Å². The number of benzene rings is 1. The zero-order valence-corrected chi connectivity index (χ0v) is 8.49. The molecule has 0 bridgehead atoms. The van der Waals surface area contributed by atoms with E-state index in [2.05, 4.69) is 21.8 Å². The molecule has 0 unspecified atom stereocenters. The number of aromatic nitrogens is 2. The van der Waals surface area contributed by atoms with Gasteiger partial charge in [0, 0.05) is 10.9 Å². The highest BCUT2D eigenvalue weighted by Crippen LogP contribution is 2.19. The van der Waals surface area contributed by atoms with Crippen LogP contribution in [-0.4, -0.2) is 21.7 Å². The van der Waals surface area contributed by atoms with Crippen LogP contribution in [0, 0.1) is 11.8 Å². The first-order valence-corrected chi connectivity index (χ1v) is 4.69. The number of aliphatic hydroxyl groups is 1. The van der Waals surface area contributed by atoms with Gasteiger partial charge in [0.1, 0.15) is 18.1 Å². The van der Waals surface area contributed by atoms with E-state index in [4.69, 9.17) is 16.7 Å². The van der Waals surface area contributed by atoms with E-state index in [0.29, 0.717) is 5.15 Å². The van der Waals surface area contributed by atoms with E-state index in [-0.39, 0.29) is 6.61 Å². The molecule has 1 aromatic carbocycles. The van der Waals surface area contributed by atoms with E-state index in [9.17, 15) is 0 Å². The lowest BCUT2D eigenvalue weighted by molar-refractivity contribution is 0.350. The number of hydrogen-bond acceptors (Lipinski definition) is 3. The third kappa shape index (κ3) is 2.07. The molecule has 0 aliphatic carbocycles. The van der Waals surface area contributed by atoms with E-state index in [1.807, 2.05) is 18.2 Å². The summed E-state index contributed by atoms with van der Waals surface area (Å²) in [5.74, 6) is 5.38. The van der Waals surface area contributed by atoms with Crippen molar-refractivity contribution in [2.24, 2.45) is 0 Å². The largest absolute Gasteiger partial charge is 0.384 e. The molecule has 74 valence electrons. The second kappa shape index (κ2) is 4.26. The summed E-state index contributed by atoms with van der Waals surface area (Å²) >= 11 is 5.89. The lowest BCUT2D eigenvalue weighted by Crippen LogP contribution is -1.85. The molecule has 15 heavy (non-hydrogen) atoms. The molecule has 0 aliphatic rings. The average Bonchev–Trinajstić information content (AvgIpc) is 2.26. The van der Waals surface area contributed by atoms with E-state index in [1.54, 1.807) is 0 Å². The highest BCUT2D eigenvalue weighted by atomic mass is 35.5. The first-order chi connectivity index (χ1) is 7.31. The van der Waals surface area contributed by atoms with Crippen molar-refractivity contribution in [3.8, 4) is 11.8 Å². The van der Waals surface area contributed by atoms with Gasteiger partial charge in [-0.3, -0.25) is 0 Å². The predicted octanol–water partition coefficient (Wildman–Crippen LogP) is 1.63. The molecule has 4 heteroatoms. The molecule has 0 fully saturated rings. The fraction of sp³-hybridized carbons (Fsp3) is 0.0909. The Balaban J connectivity index is 2.57. The predicted molar refractivity (Wildman–Crippen MR) is 58.5 cm³/mol. The van der Waals surface area contributed by atoms with Crippen LogP contribution < -0.4 is 0 Å². The fourth-order valence-electron chi connectivity index (χ4n) is 1.24. The number of hydrogen-bond donors (Lipinski definition) is 1. The maximum atomic E-state index is 8.56. The van der Waals surface area contributed by atoms with Gasteiger partial charge in [0.25, 0.3) is 0 Å². The van der Waals surface area contributed by atoms with Crippen LogP contribution in [0.5, 0.6) is 0 Å². The first-order valence-electron chi connectivity index (χ1n) is 4.31. The second-order valence-electron chi connectivity index (χ2n) is 2.86. The topological polar surface area (TPSA) is 46.0 Å². The number of rotatable bonds is 0. The third-order valence-corrected chi connectivity index (χ3v) is 2.20. The number of nitrogens with zero attached hydrogens (tertiary/aromatic N) is 2. The van der Waals surface area contributed by atoms with Crippen molar-refractivity contribution in [2.75, 3.05) is 6.61 Å². The Bertz CT molecular complexity index is 557. The molecule has 0 atom stereocenters. The van der Waals surface area contributed by atoms with Crippen molar-refractivity contribution in [1.29, 1.82) is 0 Å². The molecule has 0 amide bonds. The van der Waals surface area contributed by atoms with Gasteiger partial charge in [0.15, 0.2) is 0 Å². The van der Waals surface area contributed by atoms with Crippen molar-refractivity contribution in [3.63, 3.8) is 0 Å². The first kappa shape index (κ1) is 9.91. The van der Waals surface area contributed by atoms with E-state index >= 15 is 0 Å². The highest BCUT2D eigenvalue weighted by molar-refractivity contribution is 6.34. The van der Waals surface area contributed by atoms with Crippen LogP contribution >= 0.6 is 11.6 Å². The molecule has 0 saturated heterocycles. The zero-order valence-electron chi connectivity index (χ0n) is 7.74. The average molecular weight is 219 g/mol. The van der Waals surface area contributed by atoms with E-state index < -0.39 is 0 Å². The Morgan fingerprint density at radius 1 is 1.33 bits per heavy atom. The summed E-state index contributed by atoms with van der Waals surface area (Å²) in [5, 5.41) is 9.80. The molecular weight excluding hydrogens is 212 g/mol. The molecule has 0 aliphatic heterocycles. The van der Waals surface area contributed by atoms with Crippen molar-refractivity contribution in [1.82, 2.24) is 9.97 Å². The second-order valence-corrected chi connectivity index (χ2v) is 3.21. The number of aliphatic hydroxyl groups excluding tert-OH is 1. The van der Waals surface area contributed by atoms with E-state index in [1.165, 1.54) is 6.33 Å². The lowest BCUT2D eigenvalue weighted by Gasteiger charge is -1.98. The van der Waals surface area contributed by atoms with Gasteiger partial charge in [-0.15, -0.1) is 0 Å². The summed E-state index contributed by atoms with van der Waals surface area (Å²) in [4.78, 5) is 7.96. The van der Waals surface area contributed by atoms with Crippen LogP contribution in [0.1, 0.15) is 5.56 Å². The van der Waals surface area contributed by atoms with Gasteiger partial charge in [-0.25, -0.2) is 9.97 Å². The third-order valence-electron chi connectivity index (χ3n) is 1.90. The van der Waals surface area contributed by atoms with Gasteiger partial charge in [-0.05, 0) is 18.2 Å². The molecule has 1 heterocycles. The molecule has 2 rings (SSSR count). The number of halogens is 1. The maximum absolute atomic E-state index is 8.56. The van der Waals surface area contributed by atoms with Crippen molar-refractivity contribution in [2.45, 2.75) is 0 Å². The van der Waals surface area contributed by atoms with Crippen LogP contribution in [0.3, 0.4) is 0 Å². The van der Waals surface area contributed by atoms with Crippen LogP contribution in [-0.2, 0) is 0 Å². The summed E-state index contributed by atoms with van der Waals surface area (Å²) in [6, 6.07) is 5.45. The van der Waals surface area contributed by atoms with Crippen LogP contribution in [0.15, 0.2) is 24.5 Å². The molecule has 1 aromatic heterocycles. The molecule has 3 nitrogen and oxygen atoms in total. The normalized spacial score (nSPS) is 9.73. The Hall–Kier alpha value is -1.63. The Morgan fingerprint density at radius 3 is 3.00 bits per heavy atom. The van der Waals surface area contributed by atoms with Gasteiger partial charge in [0.2, 0.25) is 0 Å². The minimum atomic E-state index is -0.150. The van der Waals surface area contributed by atoms with Gasteiger partial charge in [-0.1, -0.05) is 23.4 Å². The van der Waals surface area contributed by atoms with Crippen molar-refractivity contribution in [3.05, 3.63) is 35.2 Å². The zero-order chi connectivity index (χ0) is 10.7. The molecule has 2 aromatic rings. The monoisotopic (exact) mass is 218 g/mol. The SMILES string of the molecule is OCC#Cc1ccc2c(Cl)ncnc2c1. The smallest absolute Gasteiger partial charge is 0.140 e. The van der Waals surface area contributed by atoms with Gasteiger partial charge in [-0.2, -0.15) is 0 Å². The quantitative estimate of drug-likeness (QED) is 0.540. The molecule has 0 spiro atoms. The summed E-state index contributed by atoms with van der Waals surface area (Å²) in [5.41, 5.74) is 1.55. The molecule has 0 radical (unpaired) electrons. The standard InChI is InChI=1S/C11H7ClN2O/c12-11-9-4-3-8(2-1-5-15)6-10(9)13-7-14-11/h3-4,6-7,15H,5H2. The van der Waals surface area contributed by atoms with Crippen molar-refractivity contribution >= 4 is 22.5 Å². The summed E-state index contributed by atoms with van der Waals surface area (Å²) in [7, 11) is 0. The summed E-state index contributed by atoms with van der Waals surface area (Å²) < 4.78 is 0. The Kier molecular flexibility index (Phi) is 2.82. The minimum Gasteiger partial charge on any atom is -0.384 e. The van der Waals surface area contributed by atoms with Gasteiger partial charge < -0.3 is 5.11 Å². The Morgan fingerprint density at radius 2 is 2.20 bits per heavy atom.